The molecule has 0 bridgehead atoms. The predicted octanol–water partition coefficient (Wildman–Crippen LogP) is 3.16. The SMILES string of the molecule is O=C(Nc1ccc(Cl)cn1)c1cccc(S(=O)(=O)N2CCCCC2)c1. The summed E-state index contributed by atoms with van der Waals surface area (Å²) < 4.78 is 26.9. The van der Waals surface area contributed by atoms with Gasteiger partial charge in [-0.25, -0.2) is 13.4 Å². The van der Waals surface area contributed by atoms with Crippen molar-refractivity contribution in [3.8, 4) is 0 Å². The molecule has 1 amide bonds. The third kappa shape index (κ3) is 4.18. The third-order valence-corrected chi connectivity index (χ3v) is 6.14. The fourth-order valence-electron chi connectivity index (χ4n) is 2.69. The van der Waals surface area contributed by atoms with Crippen LogP contribution in [0.4, 0.5) is 5.82 Å². The Bertz CT molecular complexity index is 863. The highest BCUT2D eigenvalue weighted by Gasteiger charge is 2.26. The number of hydrogen-bond donors (Lipinski definition) is 1. The van der Waals surface area contributed by atoms with E-state index in [4.69, 9.17) is 11.6 Å². The number of amides is 1. The van der Waals surface area contributed by atoms with Crippen molar-refractivity contribution in [2.45, 2.75) is 24.2 Å². The largest absolute Gasteiger partial charge is 0.307 e. The zero-order valence-electron chi connectivity index (χ0n) is 13.5. The second-order valence-electron chi connectivity index (χ2n) is 5.81. The summed E-state index contributed by atoms with van der Waals surface area (Å²) in [7, 11) is -3.58. The topological polar surface area (TPSA) is 79.4 Å². The normalized spacial score (nSPS) is 15.7. The van der Waals surface area contributed by atoms with E-state index in [2.05, 4.69) is 10.3 Å². The van der Waals surface area contributed by atoms with Crippen LogP contribution in [0, 0.1) is 0 Å². The number of aromatic nitrogens is 1. The molecule has 0 atom stereocenters. The summed E-state index contributed by atoms with van der Waals surface area (Å²) in [4.78, 5) is 16.5. The van der Waals surface area contributed by atoms with E-state index < -0.39 is 15.9 Å². The molecule has 1 N–H and O–H groups in total. The number of carbonyl (C=O) groups is 1. The van der Waals surface area contributed by atoms with Crippen LogP contribution in [-0.2, 0) is 10.0 Å². The molecule has 0 unspecified atom stereocenters. The maximum atomic E-state index is 12.7. The van der Waals surface area contributed by atoms with Gasteiger partial charge in [-0.05, 0) is 43.2 Å². The number of hydrogen-bond acceptors (Lipinski definition) is 4. The molecule has 1 aliphatic heterocycles. The molecule has 1 aromatic heterocycles. The summed E-state index contributed by atoms with van der Waals surface area (Å²) in [6, 6.07) is 9.24. The van der Waals surface area contributed by atoms with E-state index >= 15 is 0 Å². The zero-order valence-corrected chi connectivity index (χ0v) is 15.1. The molecule has 1 aliphatic rings. The molecule has 132 valence electrons. The highest BCUT2D eigenvalue weighted by molar-refractivity contribution is 7.89. The number of sulfonamides is 1. The fraction of sp³-hybridized carbons (Fsp3) is 0.294. The summed E-state index contributed by atoms with van der Waals surface area (Å²) >= 11 is 5.76. The Morgan fingerprint density at radius 3 is 2.56 bits per heavy atom. The molecule has 2 aromatic rings. The molecule has 2 heterocycles. The van der Waals surface area contributed by atoms with E-state index in [1.807, 2.05) is 0 Å². The molecule has 1 fully saturated rings. The van der Waals surface area contributed by atoms with Crippen LogP contribution < -0.4 is 5.32 Å². The minimum Gasteiger partial charge on any atom is -0.307 e. The molecule has 0 saturated carbocycles. The van der Waals surface area contributed by atoms with Crippen molar-refractivity contribution in [3.05, 3.63) is 53.2 Å². The molecule has 0 spiro atoms. The lowest BCUT2D eigenvalue weighted by molar-refractivity contribution is 0.102. The van der Waals surface area contributed by atoms with Crippen LogP contribution in [-0.4, -0.2) is 36.7 Å². The molecule has 6 nitrogen and oxygen atoms in total. The van der Waals surface area contributed by atoms with Crippen LogP contribution in [0.25, 0.3) is 0 Å². The van der Waals surface area contributed by atoms with Crippen LogP contribution in [0.5, 0.6) is 0 Å². The van der Waals surface area contributed by atoms with Gasteiger partial charge in [-0.1, -0.05) is 24.1 Å². The van der Waals surface area contributed by atoms with Gasteiger partial charge >= 0.3 is 0 Å². The number of pyridine rings is 1. The Morgan fingerprint density at radius 1 is 1.12 bits per heavy atom. The highest BCUT2D eigenvalue weighted by atomic mass is 35.5. The molecule has 0 radical (unpaired) electrons. The second-order valence-corrected chi connectivity index (χ2v) is 8.18. The molecular formula is C17H18ClN3O3S. The first-order valence-electron chi connectivity index (χ1n) is 8.00. The van der Waals surface area contributed by atoms with Crippen molar-refractivity contribution in [2.75, 3.05) is 18.4 Å². The van der Waals surface area contributed by atoms with Gasteiger partial charge in [-0.2, -0.15) is 4.31 Å². The number of anilines is 1. The molecule has 8 heteroatoms. The summed E-state index contributed by atoms with van der Waals surface area (Å²) in [6.45, 7) is 1.04. The number of benzene rings is 1. The van der Waals surface area contributed by atoms with Gasteiger partial charge in [-0.15, -0.1) is 0 Å². The average Bonchev–Trinajstić information content (AvgIpc) is 2.64. The monoisotopic (exact) mass is 379 g/mol. The van der Waals surface area contributed by atoms with E-state index in [1.165, 1.54) is 22.6 Å². The Labute approximate surface area is 151 Å². The first-order valence-corrected chi connectivity index (χ1v) is 9.82. The minimum absolute atomic E-state index is 0.131. The molecule has 25 heavy (non-hydrogen) atoms. The van der Waals surface area contributed by atoms with Crippen molar-refractivity contribution < 1.29 is 13.2 Å². The number of carbonyl (C=O) groups excluding carboxylic acids is 1. The second kappa shape index (κ2) is 7.51. The van der Waals surface area contributed by atoms with Crippen LogP contribution in [0.3, 0.4) is 0 Å². The first-order chi connectivity index (χ1) is 12.0. The van der Waals surface area contributed by atoms with Crippen LogP contribution >= 0.6 is 11.6 Å². The molecule has 1 saturated heterocycles. The Morgan fingerprint density at radius 2 is 1.88 bits per heavy atom. The molecule has 0 aliphatic carbocycles. The first kappa shape index (κ1) is 17.8. The van der Waals surface area contributed by atoms with Gasteiger partial charge in [0.1, 0.15) is 5.82 Å². The predicted molar refractivity (Wildman–Crippen MR) is 96.3 cm³/mol. The van der Waals surface area contributed by atoms with Gasteiger partial charge in [0.15, 0.2) is 0 Å². The summed E-state index contributed by atoms with van der Waals surface area (Å²) in [5, 5.41) is 3.09. The number of halogens is 1. The van der Waals surface area contributed by atoms with E-state index in [9.17, 15) is 13.2 Å². The number of rotatable bonds is 4. The standard InChI is InChI=1S/C17H18ClN3O3S/c18-14-7-8-16(19-12-14)20-17(22)13-5-4-6-15(11-13)25(23,24)21-9-2-1-3-10-21/h4-8,11-12H,1-3,9-10H2,(H,19,20,22). The Balaban J connectivity index is 1.80. The van der Waals surface area contributed by atoms with E-state index in [0.29, 0.717) is 23.9 Å². The molecule has 1 aromatic carbocycles. The van der Waals surface area contributed by atoms with Crippen molar-refractivity contribution >= 4 is 33.3 Å². The fourth-order valence-corrected chi connectivity index (χ4v) is 4.37. The van der Waals surface area contributed by atoms with Gasteiger partial charge in [0.25, 0.3) is 5.91 Å². The lowest BCUT2D eigenvalue weighted by Gasteiger charge is -2.26. The lowest BCUT2D eigenvalue weighted by Crippen LogP contribution is -2.35. The number of piperidine rings is 1. The number of nitrogens with one attached hydrogen (secondary N) is 1. The van der Waals surface area contributed by atoms with Crippen LogP contribution in [0.15, 0.2) is 47.5 Å². The van der Waals surface area contributed by atoms with Gasteiger partial charge in [0, 0.05) is 24.8 Å². The number of nitrogens with zero attached hydrogens (tertiary/aromatic N) is 2. The van der Waals surface area contributed by atoms with Crippen molar-refractivity contribution in [1.82, 2.24) is 9.29 Å². The van der Waals surface area contributed by atoms with E-state index in [0.717, 1.165) is 19.3 Å². The van der Waals surface area contributed by atoms with E-state index in [-0.39, 0.29) is 10.5 Å². The quantitative estimate of drug-likeness (QED) is 0.884. The van der Waals surface area contributed by atoms with Crippen molar-refractivity contribution in [3.63, 3.8) is 0 Å². The van der Waals surface area contributed by atoms with Crippen molar-refractivity contribution in [1.29, 1.82) is 0 Å². The van der Waals surface area contributed by atoms with Crippen LogP contribution in [0.1, 0.15) is 29.6 Å². The highest BCUT2D eigenvalue weighted by Crippen LogP contribution is 2.21. The zero-order chi connectivity index (χ0) is 17.9. The van der Waals surface area contributed by atoms with Crippen LogP contribution in [0.2, 0.25) is 5.02 Å². The van der Waals surface area contributed by atoms with Gasteiger partial charge in [0.2, 0.25) is 10.0 Å². The van der Waals surface area contributed by atoms with Gasteiger partial charge < -0.3 is 5.32 Å². The lowest BCUT2D eigenvalue weighted by atomic mass is 10.2. The molecular weight excluding hydrogens is 362 g/mol. The van der Waals surface area contributed by atoms with Crippen molar-refractivity contribution in [2.24, 2.45) is 0 Å². The Kier molecular flexibility index (Phi) is 5.36. The third-order valence-electron chi connectivity index (χ3n) is 4.02. The van der Waals surface area contributed by atoms with Gasteiger partial charge in [0.05, 0.1) is 9.92 Å². The summed E-state index contributed by atoms with van der Waals surface area (Å²) in [5.41, 5.74) is 0.259. The Hall–Kier alpha value is -1.96. The maximum absolute atomic E-state index is 12.7. The maximum Gasteiger partial charge on any atom is 0.256 e. The smallest absolute Gasteiger partial charge is 0.256 e. The van der Waals surface area contributed by atoms with E-state index in [1.54, 1.807) is 24.3 Å². The summed E-state index contributed by atoms with van der Waals surface area (Å²) in [5.74, 6) is -0.0794. The average molecular weight is 380 g/mol. The van der Waals surface area contributed by atoms with Gasteiger partial charge in [-0.3, -0.25) is 4.79 Å². The summed E-state index contributed by atoms with van der Waals surface area (Å²) in [6.07, 6.45) is 4.19. The minimum atomic E-state index is -3.58. The molecule has 3 rings (SSSR count).